The van der Waals surface area contributed by atoms with Crippen molar-refractivity contribution in [2.75, 3.05) is 0 Å². The van der Waals surface area contributed by atoms with Gasteiger partial charge in [-0.15, -0.1) is 0 Å². The summed E-state index contributed by atoms with van der Waals surface area (Å²) in [5.74, 6) is -0.564. The van der Waals surface area contributed by atoms with E-state index in [9.17, 15) is 9.18 Å². The van der Waals surface area contributed by atoms with Gasteiger partial charge in [0.25, 0.3) is 5.63 Å². The van der Waals surface area contributed by atoms with Crippen molar-refractivity contribution in [3.05, 3.63) is 47.5 Å². The minimum atomic E-state index is -1.35. The molecular weight excluding hydrogens is 217 g/mol. The van der Waals surface area contributed by atoms with Gasteiger partial charge in [0.05, 0.1) is 5.56 Å². The van der Waals surface area contributed by atoms with Crippen molar-refractivity contribution in [2.24, 2.45) is 0 Å². The summed E-state index contributed by atoms with van der Waals surface area (Å²) in [4.78, 5) is 16.3. The highest BCUT2D eigenvalue weighted by molar-refractivity contribution is 8.02. The lowest BCUT2D eigenvalue weighted by Crippen LogP contribution is -2.24. The van der Waals surface area contributed by atoms with E-state index in [0.29, 0.717) is 5.56 Å². The standard InChI is InChI=1S/C10H8FNO2S/c11-10-12(6-7-15-10)14-9(13)8-4-2-1-3-5-8/h1-7,10H. The Labute approximate surface area is 90.5 Å². The first-order valence-electron chi connectivity index (χ1n) is 4.29. The molecule has 3 nitrogen and oxygen atoms in total. The fourth-order valence-electron chi connectivity index (χ4n) is 1.08. The van der Waals surface area contributed by atoms with Crippen LogP contribution in [0.5, 0.6) is 0 Å². The van der Waals surface area contributed by atoms with E-state index in [1.807, 2.05) is 0 Å². The molecule has 1 aliphatic heterocycles. The van der Waals surface area contributed by atoms with Crippen molar-refractivity contribution in [1.82, 2.24) is 5.06 Å². The number of carbonyl (C=O) groups is 1. The van der Waals surface area contributed by atoms with Gasteiger partial charge in [0.1, 0.15) is 0 Å². The van der Waals surface area contributed by atoms with E-state index < -0.39 is 11.6 Å². The van der Waals surface area contributed by atoms with Crippen molar-refractivity contribution < 1.29 is 14.0 Å². The van der Waals surface area contributed by atoms with Crippen LogP contribution < -0.4 is 0 Å². The third kappa shape index (κ3) is 2.30. The maximum Gasteiger partial charge on any atom is 0.363 e. The van der Waals surface area contributed by atoms with Gasteiger partial charge in [-0.05, 0) is 17.5 Å². The highest BCUT2D eigenvalue weighted by atomic mass is 32.2. The summed E-state index contributed by atoms with van der Waals surface area (Å²) in [6.07, 6.45) is 1.39. The first kappa shape index (κ1) is 10.0. The zero-order valence-corrected chi connectivity index (χ0v) is 8.49. The van der Waals surface area contributed by atoms with Gasteiger partial charge in [0, 0.05) is 6.20 Å². The SMILES string of the molecule is O=C(ON1C=CSC1F)c1ccccc1. The van der Waals surface area contributed by atoms with Crippen LogP contribution in [-0.4, -0.2) is 16.7 Å². The minimum absolute atomic E-state index is 0.398. The Morgan fingerprint density at radius 3 is 2.73 bits per heavy atom. The summed E-state index contributed by atoms with van der Waals surface area (Å²) in [5.41, 5.74) is -0.951. The lowest BCUT2D eigenvalue weighted by Gasteiger charge is -2.16. The Balaban J connectivity index is 2.01. The predicted octanol–water partition coefficient (Wildman–Crippen LogP) is 2.53. The highest BCUT2D eigenvalue weighted by Gasteiger charge is 2.23. The smallest absolute Gasteiger partial charge is 0.332 e. The molecule has 0 spiro atoms. The lowest BCUT2D eigenvalue weighted by molar-refractivity contribution is -0.104. The number of hydroxylamine groups is 2. The fraction of sp³-hybridized carbons (Fsp3) is 0.100. The van der Waals surface area contributed by atoms with Crippen LogP contribution in [0.4, 0.5) is 4.39 Å². The molecule has 5 heteroatoms. The first-order valence-corrected chi connectivity index (χ1v) is 5.23. The minimum Gasteiger partial charge on any atom is -0.332 e. The van der Waals surface area contributed by atoms with Gasteiger partial charge in [-0.2, -0.15) is 5.06 Å². The van der Waals surface area contributed by atoms with Crippen LogP contribution in [0.1, 0.15) is 10.4 Å². The van der Waals surface area contributed by atoms with Crippen molar-refractivity contribution >= 4 is 17.7 Å². The number of thioether (sulfide) groups is 1. The molecule has 0 bridgehead atoms. The summed E-state index contributed by atoms with van der Waals surface area (Å²) in [6, 6.07) is 8.46. The summed E-state index contributed by atoms with van der Waals surface area (Å²) in [7, 11) is 0. The Hall–Kier alpha value is -1.49. The predicted molar refractivity (Wildman–Crippen MR) is 55.3 cm³/mol. The Kier molecular flexibility index (Phi) is 2.91. The maximum atomic E-state index is 13.0. The quantitative estimate of drug-likeness (QED) is 0.723. The average Bonchev–Trinajstić information content (AvgIpc) is 2.66. The molecule has 0 saturated carbocycles. The normalized spacial score (nSPS) is 19.3. The van der Waals surface area contributed by atoms with Crippen LogP contribution in [0, 0.1) is 0 Å². The third-order valence-corrected chi connectivity index (χ3v) is 2.51. The second-order valence-corrected chi connectivity index (χ2v) is 3.75. The molecule has 1 aromatic carbocycles. The number of carbonyl (C=O) groups excluding carboxylic acids is 1. The van der Waals surface area contributed by atoms with Crippen LogP contribution in [-0.2, 0) is 4.84 Å². The molecule has 2 rings (SSSR count). The molecule has 0 aromatic heterocycles. The van der Waals surface area contributed by atoms with Crippen LogP contribution in [0.15, 0.2) is 41.9 Å². The summed E-state index contributed by atoms with van der Waals surface area (Å²) in [5, 5.41) is 2.42. The molecular formula is C10H8FNO2S. The molecule has 0 N–H and O–H groups in total. The van der Waals surface area contributed by atoms with Gasteiger partial charge in [-0.25, -0.2) is 9.18 Å². The molecule has 1 atom stereocenters. The number of halogens is 1. The van der Waals surface area contributed by atoms with Crippen molar-refractivity contribution in [3.8, 4) is 0 Å². The van der Waals surface area contributed by atoms with Crippen LogP contribution in [0.2, 0.25) is 0 Å². The molecule has 1 unspecified atom stereocenters. The molecule has 1 heterocycles. The number of hydrogen-bond donors (Lipinski definition) is 0. The van der Waals surface area contributed by atoms with Crippen LogP contribution in [0.25, 0.3) is 0 Å². The van der Waals surface area contributed by atoms with Crippen molar-refractivity contribution in [2.45, 2.75) is 5.63 Å². The monoisotopic (exact) mass is 225 g/mol. The van der Waals surface area contributed by atoms with Gasteiger partial charge in [-0.1, -0.05) is 30.0 Å². The van der Waals surface area contributed by atoms with Gasteiger partial charge in [0.15, 0.2) is 0 Å². The summed E-state index contributed by atoms with van der Waals surface area (Å²) < 4.78 is 13.0. The topological polar surface area (TPSA) is 29.5 Å². The number of alkyl halides is 1. The molecule has 1 aromatic rings. The van der Waals surface area contributed by atoms with E-state index in [1.165, 1.54) is 11.6 Å². The van der Waals surface area contributed by atoms with Crippen molar-refractivity contribution in [1.29, 1.82) is 0 Å². The second kappa shape index (κ2) is 4.35. The molecule has 15 heavy (non-hydrogen) atoms. The van der Waals surface area contributed by atoms with Gasteiger partial charge in [-0.3, -0.25) is 0 Å². The molecule has 0 saturated heterocycles. The number of benzene rings is 1. The number of nitrogens with zero attached hydrogens (tertiary/aromatic N) is 1. The highest BCUT2D eigenvalue weighted by Crippen LogP contribution is 2.26. The second-order valence-electron chi connectivity index (χ2n) is 2.82. The fourth-order valence-corrected chi connectivity index (χ4v) is 1.64. The molecule has 0 amide bonds. The zero-order chi connectivity index (χ0) is 10.7. The molecule has 0 aliphatic carbocycles. The van der Waals surface area contributed by atoms with E-state index in [2.05, 4.69) is 0 Å². The maximum absolute atomic E-state index is 13.0. The molecule has 1 aliphatic rings. The van der Waals surface area contributed by atoms with Gasteiger partial charge >= 0.3 is 5.97 Å². The molecule has 0 radical (unpaired) electrons. The van der Waals surface area contributed by atoms with Gasteiger partial charge < -0.3 is 4.84 Å². The Bertz CT molecular complexity index is 382. The van der Waals surface area contributed by atoms with Gasteiger partial charge in [0.2, 0.25) is 0 Å². The van der Waals surface area contributed by atoms with E-state index in [1.54, 1.807) is 30.3 Å². The summed E-state index contributed by atoms with van der Waals surface area (Å²) in [6.45, 7) is 0. The first-order chi connectivity index (χ1) is 7.27. The lowest BCUT2D eigenvalue weighted by atomic mass is 10.2. The van der Waals surface area contributed by atoms with E-state index >= 15 is 0 Å². The van der Waals surface area contributed by atoms with E-state index in [-0.39, 0.29) is 0 Å². The third-order valence-electron chi connectivity index (χ3n) is 1.80. The zero-order valence-electron chi connectivity index (χ0n) is 7.67. The number of hydrogen-bond acceptors (Lipinski definition) is 4. The molecule has 0 fully saturated rings. The van der Waals surface area contributed by atoms with Crippen LogP contribution >= 0.6 is 11.8 Å². The summed E-state index contributed by atoms with van der Waals surface area (Å²) >= 11 is 0.944. The molecule has 78 valence electrons. The van der Waals surface area contributed by atoms with E-state index in [4.69, 9.17) is 4.84 Å². The van der Waals surface area contributed by atoms with Crippen LogP contribution in [0.3, 0.4) is 0 Å². The Morgan fingerprint density at radius 2 is 2.13 bits per heavy atom. The van der Waals surface area contributed by atoms with Crippen molar-refractivity contribution in [3.63, 3.8) is 0 Å². The number of rotatable bonds is 2. The average molecular weight is 225 g/mol. The largest absolute Gasteiger partial charge is 0.363 e. The Morgan fingerprint density at radius 1 is 1.40 bits per heavy atom. The van der Waals surface area contributed by atoms with E-state index in [0.717, 1.165) is 16.8 Å².